The second-order valence-electron chi connectivity index (χ2n) is 5.97. The van der Waals surface area contributed by atoms with Gasteiger partial charge in [-0.3, -0.25) is 9.36 Å². The van der Waals surface area contributed by atoms with E-state index >= 15 is 0 Å². The molecule has 7 heteroatoms. The van der Waals surface area contributed by atoms with Crippen molar-refractivity contribution >= 4 is 34.5 Å². The van der Waals surface area contributed by atoms with E-state index < -0.39 is 11.8 Å². The molecule has 3 aromatic rings. The van der Waals surface area contributed by atoms with Gasteiger partial charge in [0.25, 0.3) is 5.56 Å². The summed E-state index contributed by atoms with van der Waals surface area (Å²) in [5.74, 6) is -0.652. The molecule has 0 fully saturated rings. The highest BCUT2D eigenvalue weighted by Gasteiger charge is 2.14. The molecule has 0 saturated carbocycles. The van der Waals surface area contributed by atoms with Crippen molar-refractivity contribution in [1.82, 2.24) is 9.55 Å². The molecule has 0 unspecified atom stereocenters. The Labute approximate surface area is 166 Å². The van der Waals surface area contributed by atoms with Crippen LogP contribution in [0.25, 0.3) is 22.7 Å². The van der Waals surface area contributed by atoms with Gasteiger partial charge >= 0.3 is 5.97 Å². The summed E-state index contributed by atoms with van der Waals surface area (Å²) in [4.78, 5) is 29.1. The predicted molar refractivity (Wildman–Crippen MR) is 107 cm³/mol. The average Bonchev–Trinajstić information content (AvgIpc) is 2.67. The molecular formula is C21H18ClFN2O3. The Hall–Kier alpha value is -2.99. The number of hydrogen-bond acceptors (Lipinski definition) is 4. The Morgan fingerprint density at radius 1 is 1.25 bits per heavy atom. The van der Waals surface area contributed by atoms with Gasteiger partial charge in [-0.05, 0) is 43.3 Å². The summed E-state index contributed by atoms with van der Waals surface area (Å²) in [5.41, 5.74) is 0.660. The topological polar surface area (TPSA) is 61.2 Å². The second-order valence-corrected chi connectivity index (χ2v) is 6.41. The molecule has 0 aliphatic carbocycles. The molecule has 1 heterocycles. The van der Waals surface area contributed by atoms with Crippen molar-refractivity contribution in [3.05, 3.63) is 75.1 Å². The van der Waals surface area contributed by atoms with Gasteiger partial charge < -0.3 is 4.74 Å². The van der Waals surface area contributed by atoms with E-state index in [9.17, 15) is 14.0 Å². The van der Waals surface area contributed by atoms with Crippen molar-refractivity contribution in [2.75, 3.05) is 6.61 Å². The Morgan fingerprint density at radius 3 is 2.61 bits per heavy atom. The number of aryl methyl sites for hydroxylation is 1. The Kier molecular flexibility index (Phi) is 5.90. The summed E-state index contributed by atoms with van der Waals surface area (Å²) in [6, 6.07) is 9.41. The van der Waals surface area contributed by atoms with Crippen molar-refractivity contribution in [3.63, 3.8) is 0 Å². The lowest BCUT2D eigenvalue weighted by Gasteiger charge is -2.13. The first-order valence-electron chi connectivity index (χ1n) is 8.80. The lowest BCUT2D eigenvalue weighted by atomic mass is 10.1. The van der Waals surface area contributed by atoms with Gasteiger partial charge in [0.05, 0.1) is 23.2 Å². The lowest BCUT2D eigenvalue weighted by Crippen LogP contribution is -2.23. The number of rotatable bonds is 5. The number of fused-ring (bicyclic) bond motifs is 1. The van der Waals surface area contributed by atoms with Gasteiger partial charge in [-0.15, -0.1) is 0 Å². The molecule has 0 N–H and O–H groups in total. The molecule has 2 aromatic carbocycles. The maximum absolute atomic E-state index is 14.4. The zero-order chi connectivity index (χ0) is 20.3. The van der Waals surface area contributed by atoms with E-state index in [1.807, 2.05) is 6.92 Å². The fraction of sp³-hybridized carbons (Fsp3) is 0.190. The van der Waals surface area contributed by atoms with Crippen molar-refractivity contribution in [1.29, 1.82) is 0 Å². The predicted octanol–water partition coefficient (Wildman–Crippen LogP) is 4.32. The fourth-order valence-corrected chi connectivity index (χ4v) is 2.97. The monoisotopic (exact) mass is 400 g/mol. The molecule has 0 atom stereocenters. The third kappa shape index (κ3) is 3.97. The van der Waals surface area contributed by atoms with Gasteiger partial charge in [0.15, 0.2) is 0 Å². The number of hydrogen-bond donors (Lipinski definition) is 0. The molecule has 5 nitrogen and oxygen atoms in total. The van der Waals surface area contributed by atoms with E-state index in [0.29, 0.717) is 23.0 Å². The Bertz CT molecular complexity index is 1120. The minimum atomic E-state index is -0.583. The molecule has 0 aliphatic heterocycles. The number of aromatic nitrogens is 2. The van der Waals surface area contributed by atoms with E-state index in [4.69, 9.17) is 16.3 Å². The zero-order valence-corrected chi connectivity index (χ0v) is 16.2. The van der Waals surface area contributed by atoms with E-state index in [1.165, 1.54) is 22.8 Å². The van der Waals surface area contributed by atoms with Crippen LogP contribution in [0.15, 0.2) is 47.3 Å². The molecule has 0 saturated heterocycles. The zero-order valence-electron chi connectivity index (χ0n) is 15.4. The van der Waals surface area contributed by atoms with Gasteiger partial charge in [-0.25, -0.2) is 14.2 Å². The number of esters is 1. The molecule has 0 aliphatic rings. The largest absolute Gasteiger partial charge is 0.463 e. The molecule has 1 aromatic heterocycles. The van der Waals surface area contributed by atoms with Crippen LogP contribution in [0.4, 0.5) is 4.39 Å². The SMILES string of the molecule is CCOC(=O)/C=C/c1cc2c(=O)n(-c3ccc(Cl)cc3)c(CC)nc2cc1F. The summed E-state index contributed by atoms with van der Waals surface area (Å²) in [5, 5.41) is 0.800. The van der Waals surface area contributed by atoms with E-state index in [2.05, 4.69) is 4.98 Å². The van der Waals surface area contributed by atoms with Gasteiger partial charge in [-0.1, -0.05) is 18.5 Å². The first-order valence-corrected chi connectivity index (χ1v) is 9.18. The van der Waals surface area contributed by atoms with Gasteiger partial charge in [0.1, 0.15) is 11.6 Å². The molecule has 0 bridgehead atoms. The Balaban J connectivity index is 2.19. The summed E-state index contributed by atoms with van der Waals surface area (Å²) in [7, 11) is 0. The first-order chi connectivity index (χ1) is 13.4. The molecule has 28 heavy (non-hydrogen) atoms. The number of benzene rings is 2. The Morgan fingerprint density at radius 2 is 1.96 bits per heavy atom. The minimum Gasteiger partial charge on any atom is -0.463 e. The van der Waals surface area contributed by atoms with Gasteiger partial charge in [0.2, 0.25) is 0 Å². The lowest BCUT2D eigenvalue weighted by molar-refractivity contribution is -0.137. The summed E-state index contributed by atoms with van der Waals surface area (Å²) in [6.45, 7) is 3.77. The molecular weight excluding hydrogens is 383 g/mol. The van der Waals surface area contributed by atoms with Crippen LogP contribution in [0.1, 0.15) is 25.2 Å². The molecule has 3 rings (SSSR count). The van der Waals surface area contributed by atoms with Crippen molar-refractivity contribution in [2.24, 2.45) is 0 Å². The number of carbonyl (C=O) groups excluding carboxylic acids is 1. The van der Waals surface area contributed by atoms with Crippen LogP contribution < -0.4 is 5.56 Å². The number of nitrogens with zero attached hydrogens (tertiary/aromatic N) is 2. The van der Waals surface area contributed by atoms with Crippen molar-refractivity contribution in [3.8, 4) is 5.69 Å². The van der Waals surface area contributed by atoms with Crippen LogP contribution in [-0.2, 0) is 16.0 Å². The smallest absolute Gasteiger partial charge is 0.330 e. The molecule has 144 valence electrons. The minimum absolute atomic E-state index is 0.103. The average molecular weight is 401 g/mol. The normalized spacial score (nSPS) is 11.3. The van der Waals surface area contributed by atoms with Crippen LogP contribution in [0.5, 0.6) is 0 Å². The molecule has 0 amide bonds. The van der Waals surface area contributed by atoms with Crippen LogP contribution >= 0.6 is 11.6 Å². The third-order valence-electron chi connectivity index (χ3n) is 4.14. The van der Waals surface area contributed by atoms with E-state index in [0.717, 1.165) is 6.08 Å². The van der Waals surface area contributed by atoms with Crippen molar-refractivity contribution < 1.29 is 13.9 Å². The standard InChI is InChI=1S/C21H18ClFN2O3/c1-3-19-24-18-12-17(23)13(5-10-20(26)28-4-2)11-16(18)21(27)25(19)15-8-6-14(22)7-9-15/h5-12H,3-4H2,1-2H3/b10-5+. The third-order valence-corrected chi connectivity index (χ3v) is 4.39. The van der Waals surface area contributed by atoms with E-state index in [1.54, 1.807) is 31.2 Å². The number of halogens is 2. The highest BCUT2D eigenvalue weighted by atomic mass is 35.5. The molecule has 0 radical (unpaired) electrons. The number of carbonyl (C=O) groups is 1. The van der Waals surface area contributed by atoms with Crippen LogP contribution in [-0.4, -0.2) is 22.1 Å². The van der Waals surface area contributed by atoms with Gasteiger partial charge in [-0.2, -0.15) is 0 Å². The summed E-state index contributed by atoms with van der Waals surface area (Å²) < 4.78 is 20.7. The summed E-state index contributed by atoms with van der Waals surface area (Å²) >= 11 is 5.94. The van der Waals surface area contributed by atoms with Crippen molar-refractivity contribution in [2.45, 2.75) is 20.3 Å². The molecule has 0 spiro atoms. The highest BCUT2D eigenvalue weighted by Crippen LogP contribution is 2.20. The maximum atomic E-state index is 14.4. The van der Waals surface area contributed by atoms with E-state index in [-0.39, 0.29) is 28.6 Å². The maximum Gasteiger partial charge on any atom is 0.330 e. The highest BCUT2D eigenvalue weighted by molar-refractivity contribution is 6.30. The second kappa shape index (κ2) is 8.35. The van der Waals surface area contributed by atoms with Crippen LogP contribution in [0.3, 0.4) is 0 Å². The van der Waals surface area contributed by atoms with Crippen LogP contribution in [0.2, 0.25) is 5.02 Å². The first kappa shape index (κ1) is 19.8. The fourth-order valence-electron chi connectivity index (χ4n) is 2.84. The number of ether oxygens (including phenoxy) is 1. The van der Waals surface area contributed by atoms with Crippen LogP contribution in [0, 0.1) is 5.82 Å². The summed E-state index contributed by atoms with van der Waals surface area (Å²) in [6.07, 6.45) is 2.89. The van der Waals surface area contributed by atoms with Gasteiger partial charge in [0, 0.05) is 29.1 Å². The quantitative estimate of drug-likeness (QED) is 0.472.